The summed E-state index contributed by atoms with van der Waals surface area (Å²) in [5, 5.41) is 0.764. The Labute approximate surface area is 162 Å². The highest BCUT2D eigenvalue weighted by atomic mass is 35.5. The van der Waals surface area contributed by atoms with Gasteiger partial charge >= 0.3 is 0 Å². The van der Waals surface area contributed by atoms with Gasteiger partial charge in [0.1, 0.15) is 0 Å². The normalized spacial score (nSPS) is 19.0. The van der Waals surface area contributed by atoms with Crippen molar-refractivity contribution in [2.75, 3.05) is 11.4 Å². The third-order valence-corrected chi connectivity index (χ3v) is 5.99. The van der Waals surface area contributed by atoms with Crippen LogP contribution < -0.4 is 4.90 Å². The highest BCUT2D eigenvalue weighted by molar-refractivity contribution is 6.33. The van der Waals surface area contributed by atoms with Crippen LogP contribution in [0.3, 0.4) is 0 Å². The summed E-state index contributed by atoms with van der Waals surface area (Å²) in [6, 6.07) is 10.6. The molecule has 0 amide bonds. The van der Waals surface area contributed by atoms with Gasteiger partial charge < -0.3 is 4.90 Å². The third kappa shape index (κ3) is 3.53. The molecule has 1 atom stereocenters. The van der Waals surface area contributed by atoms with Crippen molar-refractivity contribution in [2.45, 2.75) is 59.4 Å². The van der Waals surface area contributed by atoms with Crippen molar-refractivity contribution in [1.82, 2.24) is 0 Å². The van der Waals surface area contributed by atoms with Gasteiger partial charge in [-0.05, 0) is 87.9 Å². The standard InChI is InChI=1S/C23H29ClN2/c1-7-26-22-12-21(24)18(11-20(22)17(4)13-23(26,5)6)14-25-19-9-8-15(2)16(3)10-19/h8-12,14,17H,7,13H2,1-6H3. The van der Waals surface area contributed by atoms with Crippen LogP contribution in [0.4, 0.5) is 11.4 Å². The summed E-state index contributed by atoms with van der Waals surface area (Å²) in [4.78, 5) is 7.13. The highest BCUT2D eigenvalue weighted by Crippen LogP contribution is 2.44. The van der Waals surface area contributed by atoms with E-state index in [-0.39, 0.29) is 5.54 Å². The average molecular weight is 369 g/mol. The number of aliphatic imine (C=N–C) groups is 1. The lowest BCUT2D eigenvalue weighted by molar-refractivity contribution is 0.381. The molecule has 0 radical (unpaired) electrons. The molecule has 1 aliphatic heterocycles. The summed E-state index contributed by atoms with van der Waals surface area (Å²) in [6.45, 7) is 14.4. The Balaban J connectivity index is 1.99. The minimum atomic E-state index is 0.152. The minimum Gasteiger partial charge on any atom is -0.366 e. The van der Waals surface area contributed by atoms with Gasteiger partial charge in [0.25, 0.3) is 0 Å². The fourth-order valence-corrected chi connectivity index (χ4v) is 4.38. The van der Waals surface area contributed by atoms with Crippen LogP contribution in [-0.2, 0) is 0 Å². The molecule has 0 saturated carbocycles. The van der Waals surface area contributed by atoms with Crippen molar-refractivity contribution >= 4 is 29.2 Å². The average Bonchev–Trinajstić information content (AvgIpc) is 2.56. The van der Waals surface area contributed by atoms with E-state index in [0.717, 1.165) is 29.2 Å². The fraction of sp³-hybridized carbons (Fsp3) is 0.435. The number of anilines is 1. The Bertz CT molecular complexity index is 852. The van der Waals surface area contributed by atoms with Gasteiger partial charge in [-0.3, -0.25) is 4.99 Å². The summed E-state index contributed by atoms with van der Waals surface area (Å²) in [5.74, 6) is 0.508. The van der Waals surface area contributed by atoms with Gasteiger partial charge in [-0.1, -0.05) is 24.6 Å². The van der Waals surface area contributed by atoms with Crippen molar-refractivity contribution in [3.63, 3.8) is 0 Å². The van der Waals surface area contributed by atoms with Crippen LogP contribution >= 0.6 is 11.6 Å². The first-order valence-corrected chi connectivity index (χ1v) is 9.83. The SMILES string of the molecule is CCN1c2cc(Cl)c(C=Nc3ccc(C)c(C)c3)cc2C(C)CC1(C)C. The van der Waals surface area contributed by atoms with Crippen LogP contribution in [0.15, 0.2) is 35.3 Å². The van der Waals surface area contributed by atoms with Gasteiger partial charge in [-0.25, -0.2) is 0 Å². The molecule has 0 spiro atoms. The summed E-state index contributed by atoms with van der Waals surface area (Å²) in [7, 11) is 0. The topological polar surface area (TPSA) is 15.6 Å². The van der Waals surface area contributed by atoms with Gasteiger partial charge in [0.2, 0.25) is 0 Å². The molecule has 3 rings (SSSR count). The highest BCUT2D eigenvalue weighted by Gasteiger charge is 2.35. The molecular formula is C23H29ClN2. The molecule has 138 valence electrons. The molecular weight excluding hydrogens is 340 g/mol. The second-order valence-electron chi connectivity index (χ2n) is 8.12. The van der Waals surface area contributed by atoms with E-state index < -0.39 is 0 Å². The van der Waals surface area contributed by atoms with Crippen LogP contribution in [0.5, 0.6) is 0 Å². The zero-order valence-electron chi connectivity index (χ0n) is 16.7. The number of benzene rings is 2. The van der Waals surface area contributed by atoms with E-state index in [2.05, 4.69) is 81.8 Å². The van der Waals surface area contributed by atoms with Crippen LogP contribution in [0.2, 0.25) is 5.02 Å². The molecule has 0 fully saturated rings. The summed E-state index contributed by atoms with van der Waals surface area (Å²) >= 11 is 6.63. The van der Waals surface area contributed by atoms with Crippen molar-refractivity contribution in [3.8, 4) is 0 Å². The van der Waals surface area contributed by atoms with E-state index in [0.29, 0.717) is 5.92 Å². The summed E-state index contributed by atoms with van der Waals surface area (Å²) in [6.07, 6.45) is 3.04. The maximum Gasteiger partial charge on any atom is 0.0632 e. The number of hydrogen-bond acceptors (Lipinski definition) is 2. The zero-order chi connectivity index (χ0) is 19.1. The van der Waals surface area contributed by atoms with Crippen molar-refractivity contribution in [2.24, 2.45) is 4.99 Å². The first-order valence-electron chi connectivity index (χ1n) is 9.45. The summed E-state index contributed by atoms with van der Waals surface area (Å²) < 4.78 is 0. The molecule has 2 nitrogen and oxygen atoms in total. The van der Waals surface area contributed by atoms with Crippen LogP contribution in [-0.4, -0.2) is 18.3 Å². The second-order valence-corrected chi connectivity index (χ2v) is 8.53. The number of fused-ring (bicyclic) bond motifs is 1. The molecule has 1 unspecified atom stereocenters. The van der Waals surface area contributed by atoms with Crippen molar-refractivity contribution in [3.05, 3.63) is 57.6 Å². The molecule has 0 N–H and O–H groups in total. The van der Waals surface area contributed by atoms with Crippen molar-refractivity contribution < 1.29 is 0 Å². The molecule has 26 heavy (non-hydrogen) atoms. The second kappa shape index (κ2) is 7.08. The van der Waals surface area contributed by atoms with Gasteiger partial charge in [0.05, 0.1) is 10.7 Å². The van der Waals surface area contributed by atoms with Gasteiger partial charge in [-0.15, -0.1) is 0 Å². The predicted molar refractivity (Wildman–Crippen MR) is 115 cm³/mol. The van der Waals surface area contributed by atoms with Crippen LogP contribution in [0.25, 0.3) is 0 Å². The molecule has 3 heteroatoms. The zero-order valence-corrected chi connectivity index (χ0v) is 17.5. The number of nitrogens with zero attached hydrogens (tertiary/aromatic N) is 2. The molecule has 0 aromatic heterocycles. The van der Waals surface area contributed by atoms with E-state index in [9.17, 15) is 0 Å². The third-order valence-electron chi connectivity index (χ3n) is 5.66. The maximum atomic E-state index is 6.63. The molecule has 0 saturated heterocycles. The molecule has 0 aliphatic carbocycles. The lowest BCUT2D eigenvalue weighted by Crippen LogP contribution is -2.48. The van der Waals surface area contributed by atoms with E-state index in [1.165, 1.54) is 22.4 Å². The maximum absolute atomic E-state index is 6.63. The van der Waals surface area contributed by atoms with E-state index in [1.54, 1.807) is 0 Å². The first kappa shape index (κ1) is 19.0. The van der Waals surface area contributed by atoms with E-state index >= 15 is 0 Å². The van der Waals surface area contributed by atoms with Gasteiger partial charge in [0.15, 0.2) is 0 Å². The predicted octanol–water partition coefficient (Wildman–Crippen LogP) is 6.82. The molecule has 2 aromatic rings. The fourth-order valence-electron chi connectivity index (χ4n) is 4.17. The van der Waals surface area contributed by atoms with E-state index in [4.69, 9.17) is 11.6 Å². The number of aryl methyl sites for hydroxylation is 2. The molecule has 0 bridgehead atoms. The molecule has 1 aliphatic rings. The van der Waals surface area contributed by atoms with E-state index in [1.807, 2.05) is 6.21 Å². The number of halogens is 1. The number of rotatable bonds is 3. The van der Waals surface area contributed by atoms with Gasteiger partial charge in [0, 0.05) is 29.5 Å². The Kier molecular flexibility index (Phi) is 5.16. The number of hydrogen-bond donors (Lipinski definition) is 0. The quantitative estimate of drug-likeness (QED) is 0.542. The molecule has 2 aromatic carbocycles. The Morgan fingerprint density at radius 2 is 1.92 bits per heavy atom. The Morgan fingerprint density at radius 3 is 2.58 bits per heavy atom. The monoisotopic (exact) mass is 368 g/mol. The largest absolute Gasteiger partial charge is 0.366 e. The van der Waals surface area contributed by atoms with Crippen LogP contribution in [0, 0.1) is 13.8 Å². The summed E-state index contributed by atoms with van der Waals surface area (Å²) in [5.41, 5.74) is 7.29. The smallest absolute Gasteiger partial charge is 0.0632 e. The molecule has 1 heterocycles. The van der Waals surface area contributed by atoms with Crippen LogP contribution in [0.1, 0.15) is 62.3 Å². The van der Waals surface area contributed by atoms with Crippen molar-refractivity contribution in [1.29, 1.82) is 0 Å². The Hall–Kier alpha value is -1.80. The minimum absolute atomic E-state index is 0.152. The van der Waals surface area contributed by atoms with Gasteiger partial charge in [-0.2, -0.15) is 0 Å². The lowest BCUT2D eigenvalue weighted by Gasteiger charge is -2.47. The lowest BCUT2D eigenvalue weighted by atomic mass is 9.79. The first-order chi connectivity index (χ1) is 12.2. The Morgan fingerprint density at radius 1 is 1.19 bits per heavy atom.